The van der Waals surface area contributed by atoms with Crippen LogP contribution < -0.4 is 5.09 Å². The molecule has 20 heavy (non-hydrogen) atoms. The van der Waals surface area contributed by atoms with Crippen LogP contribution in [0, 0.1) is 0 Å². The summed E-state index contributed by atoms with van der Waals surface area (Å²) >= 11 is 4.93. The maximum absolute atomic E-state index is 11.9. The molecule has 0 aliphatic rings. The molecule has 2 rings (SSSR count). The van der Waals surface area contributed by atoms with Crippen molar-refractivity contribution >= 4 is 24.4 Å². The molecule has 6 heteroatoms. The highest BCUT2D eigenvalue weighted by Gasteiger charge is 2.18. The first kappa shape index (κ1) is 14.9. The molecule has 0 radical (unpaired) electrons. The number of rotatable bonds is 5. The number of benzene rings is 2. The molecule has 2 aromatic rings. The Morgan fingerprint density at radius 3 is 2.25 bits per heavy atom. The van der Waals surface area contributed by atoms with Gasteiger partial charge in [-0.2, -0.15) is 0 Å². The Bertz CT molecular complexity index is 619. The van der Waals surface area contributed by atoms with Gasteiger partial charge in [-0.1, -0.05) is 48.5 Å². The van der Waals surface area contributed by atoms with E-state index in [2.05, 4.69) is 5.09 Å². The van der Waals surface area contributed by atoms with Gasteiger partial charge in [0.25, 0.3) is 12.5 Å². The molecule has 0 spiro atoms. The minimum absolute atomic E-state index is 0.156. The van der Waals surface area contributed by atoms with Crippen LogP contribution in [0.4, 0.5) is 0 Å². The second-order valence-electron chi connectivity index (χ2n) is 4.09. The third kappa shape index (κ3) is 4.54. The summed E-state index contributed by atoms with van der Waals surface area (Å²) < 4.78 is 5.26. The standard InChI is InChI=1S/C14H14NO3PS/c16-14(13-9-5-2-6-10-13)15-19(17,20)18-11-12-7-3-1-4-8-12/h1-10H,11H2,(H2,15,16,17,20). The zero-order valence-electron chi connectivity index (χ0n) is 10.6. The van der Waals surface area contributed by atoms with Crippen molar-refractivity contribution in [3.63, 3.8) is 0 Å². The summed E-state index contributed by atoms with van der Waals surface area (Å²) in [5.74, 6) is -0.440. The molecular weight excluding hydrogens is 293 g/mol. The molecule has 104 valence electrons. The molecule has 1 atom stereocenters. The first-order valence-electron chi connectivity index (χ1n) is 5.96. The molecule has 0 fully saturated rings. The Morgan fingerprint density at radius 2 is 1.65 bits per heavy atom. The van der Waals surface area contributed by atoms with Gasteiger partial charge < -0.3 is 9.42 Å². The van der Waals surface area contributed by atoms with Gasteiger partial charge in [0, 0.05) is 5.56 Å². The van der Waals surface area contributed by atoms with Gasteiger partial charge in [-0.3, -0.25) is 9.88 Å². The number of carbonyl (C=O) groups excluding carboxylic acids is 1. The molecule has 1 unspecified atom stereocenters. The summed E-state index contributed by atoms with van der Waals surface area (Å²) in [6.45, 7) is -3.19. The van der Waals surface area contributed by atoms with Crippen LogP contribution in [0.1, 0.15) is 15.9 Å². The van der Waals surface area contributed by atoms with Crippen molar-refractivity contribution in [3.8, 4) is 0 Å². The summed E-state index contributed by atoms with van der Waals surface area (Å²) in [6.07, 6.45) is 0. The predicted octanol–water partition coefficient (Wildman–Crippen LogP) is 2.85. The lowest BCUT2D eigenvalue weighted by atomic mass is 10.2. The molecule has 2 N–H and O–H groups in total. The van der Waals surface area contributed by atoms with Crippen LogP contribution in [0.3, 0.4) is 0 Å². The smallest absolute Gasteiger partial charge is 0.287 e. The van der Waals surface area contributed by atoms with E-state index in [1.807, 2.05) is 30.3 Å². The minimum Gasteiger partial charge on any atom is -0.329 e. The Balaban J connectivity index is 1.94. The zero-order chi connectivity index (χ0) is 14.4. The van der Waals surface area contributed by atoms with E-state index in [1.165, 1.54) is 0 Å². The Hall–Kier alpha value is -1.52. The molecule has 0 heterocycles. The van der Waals surface area contributed by atoms with Gasteiger partial charge in [-0.15, -0.1) is 0 Å². The minimum atomic E-state index is -3.35. The SMILES string of the molecule is O=C(NP(O)(=S)OCc1ccccc1)c1ccccc1. The van der Waals surface area contributed by atoms with Crippen LogP contribution in [0.2, 0.25) is 0 Å². The van der Waals surface area contributed by atoms with E-state index in [1.54, 1.807) is 30.3 Å². The Morgan fingerprint density at radius 1 is 1.10 bits per heavy atom. The summed E-state index contributed by atoms with van der Waals surface area (Å²) in [5, 5.41) is 2.36. The normalized spacial score (nSPS) is 13.4. The molecule has 4 nitrogen and oxygen atoms in total. The quantitative estimate of drug-likeness (QED) is 0.834. The van der Waals surface area contributed by atoms with Gasteiger partial charge in [0.15, 0.2) is 0 Å². The van der Waals surface area contributed by atoms with E-state index >= 15 is 0 Å². The molecule has 0 saturated heterocycles. The van der Waals surface area contributed by atoms with Gasteiger partial charge in [-0.05, 0) is 29.5 Å². The van der Waals surface area contributed by atoms with E-state index in [0.29, 0.717) is 5.56 Å². The monoisotopic (exact) mass is 307 g/mol. The lowest BCUT2D eigenvalue weighted by Gasteiger charge is -2.16. The van der Waals surface area contributed by atoms with E-state index in [0.717, 1.165) is 5.56 Å². The zero-order valence-corrected chi connectivity index (χ0v) is 12.3. The maximum Gasteiger partial charge on any atom is 0.287 e. The molecule has 1 amide bonds. The highest BCUT2D eigenvalue weighted by Crippen LogP contribution is 2.38. The second-order valence-corrected chi connectivity index (χ2v) is 7.09. The van der Waals surface area contributed by atoms with Crippen molar-refractivity contribution in [1.82, 2.24) is 5.09 Å². The molecule has 2 aromatic carbocycles. The summed E-state index contributed by atoms with van der Waals surface area (Å²) in [5.41, 5.74) is 1.31. The molecule has 0 aliphatic carbocycles. The predicted molar refractivity (Wildman–Crippen MR) is 81.6 cm³/mol. The van der Waals surface area contributed by atoms with Crippen LogP contribution in [0.15, 0.2) is 60.7 Å². The molecular formula is C14H14NO3PS. The third-order valence-electron chi connectivity index (χ3n) is 2.53. The highest BCUT2D eigenvalue weighted by molar-refractivity contribution is 8.08. The fourth-order valence-electron chi connectivity index (χ4n) is 1.55. The number of nitrogens with one attached hydrogen (secondary N) is 1. The fraction of sp³-hybridized carbons (Fsp3) is 0.0714. The van der Waals surface area contributed by atoms with E-state index in [4.69, 9.17) is 16.3 Å². The molecule has 0 aliphatic heterocycles. The van der Waals surface area contributed by atoms with Crippen molar-refractivity contribution in [1.29, 1.82) is 0 Å². The van der Waals surface area contributed by atoms with Gasteiger partial charge in [0.1, 0.15) is 0 Å². The van der Waals surface area contributed by atoms with Crippen molar-refractivity contribution < 1.29 is 14.2 Å². The highest BCUT2D eigenvalue weighted by atomic mass is 32.5. The van der Waals surface area contributed by atoms with E-state index < -0.39 is 12.5 Å². The molecule has 0 saturated carbocycles. The van der Waals surface area contributed by atoms with E-state index in [-0.39, 0.29) is 6.61 Å². The first-order chi connectivity index (χ1) is 9.57. The average Bonchev–Trinajstić information content (AvgIpc) is 2.47. The number of hydrogen-bond donors (Lipinski definition) is 2. The summed E-state index contributed by atoms with van der Waals surface area (Å²) in [6, 6.07) is 17.9. The van der Waals surface area contributed by atoms with Gasteiger partial charge in [0.05, 0.1) is 6.61 Å². The first-order valence-corrected chi connectivity index (χ1v) is 8.63. The van der Waals surface area contributed by atoms with Gasteiger partial charge >= 0.3 is 0 Å². The second kappa shape index (κ2) is 6.77. The Kier molecular flexibility index (Phi) is 5.04. The maximum atomic E-state index is 11.9. The number of hydrogen-bond acceptors (Lipinski definition) is 3. The lowest BCUT2D eigenvalue weighted by Crippen LogP contribution is -2.21. The third-order valence-corrected chi connectivity index (χ3v) is 4.08. The fourth-order valence-corrected chi connectivity index (χ4v) is 2.73. The Labute approximate surface area is 122 Å². The number of amides is 1. The molecule has 0 aromatic heterocycles. The van der Waals surface area contributed by atoms with E-state index in [9.17, 15) is 9.69 Å². The van der Waals surface area contributed by atoms with Crippen molar-refractivity contribution in [2.24, 2.45) is 0 Å². The topological polar surface area (TPSA) is 58.6 Å². The van der Waals surface area contributed by atoms with Gasteiger partial charge in [-0.25, -0.2) is 0 Å². The number of carbonyl (C=O) groups is 1. The van der Waals surface area contributed by atoms with Gasteiger partial charge in [0.2, 0.25) is 0 Å². The summed E-state index contributed by atoms with van der Waals surface area (Å²) in [7, 11) is 0. The van der Waals surface area contributed by atoms with Crippen LogP contribution in [0.5, 0.6) is 0 Å². The lowest BCUT2D eigenvalue weighted by molar-refractivity contribution is 0.0972. The van der Waals surface area contributed by atoms with Crippen LogP contribution in [0.25, 0.3) is 0 Å². The van der Waals surface area contributed by atoms with Crippen molar-refractivity contribution in [2.75, 3.05) is 0 Å². The van der Waals surface area contributed by atoms with Crippen molar-refractivity contribution in [2.45, 2.75) is 6.61 Å². The largest absolute Gasteiger partial charge is 0.329 e. The van der Waals surface area contributed by atoms with Crippen LogP contribution >= 0.6 is 6.64 Å². The molecule has 0 bridgehead atoms. The summed E-state index contributed by atoms with van der Waals surface area (Å²) in [4.78, 5) is 21.9. The van der Waals surface area contributed by atoms with Crippen LogP contribution in [-0.2, 0) is 22.9 Å². The van der Waals surface area contributed by atoms with Crippen molar-refractivity contribution in [3.05, 3.63) is 71.8 Å². The average molecular weight is 307 g/mol. The van der Waals surface area contributed by atoms with Crippen LogP contribution in [-0.4, -0.2) is 10.8 Å².